The van der Waals surface area contributed by atoms with Crippen LogP contribution in [0, 0.1) is 5.92 Å². The fourth-order valence-corrected chi connectivity index (χ4v) is 3.74. The normalized spacial score (nSPS) is 22.4. The number of ether oxygens (including phenoxy) is 2. The van der Waals surface area contributed by atoms with E-state index in [0.717, 1.165) is 57.5 Å². The molecule has 0 saturated carbocycles. The molecule has 2 heterocycles. The number of likely N-dealkylation sites (tertiary alicyclic amines) is 1. The molecular weight excluding hydrogens is 328 g/mol. The zero-order valence-corrected chi connectivity index (χ0v) is 16.0. The van der Waals surface area contributed by atoms with Gasteiger partial charge in [-0.05, 0) is 50.0 Å². The number of methoxy groups -OCH3 is 1. The number of benzene rings is 1. The second-order valence-corrected chi connectivity index (χ2v) is 7.10. The predicted octanol–water partition coefficient (Wildman–Crippen LogP) is 2.03. The van der Waals surface area contributed by atoms with Crippen molar-refractivity contribution in [2.24, 2.45) is 10.9 Å². The average Bonchev–Trinajstić information content (AvgIpc) is 3.39. The molecule has 0 aliphatic carbocycles. The smallest absolute Gasteiger partial charge is 0.191 e. The molecule has 2 saturated heterocycles. The quantitative estimate of drug-likeness (QED) is 0.576. The van der Waals surface area contributed by atoms with Crippen LogP contribution in [0.4, 0.5) is 0 Å². The van der Waals surface area contributed by atoms with E-state index in [4.69, 9.17) is 9.47 Å². The first kappa shape index (κ1) is 19.0. The van der Waals surface area contributed by atoms with Crippen LogP contribution >= 0.6 is 0 Å². The molecule has 1 aromatic carbocycles. The van der Waals surface area contributed by atoms with E-state index in [1.165, 1.54) is 18.4 Å². The summed E-state index contributed by atoms with van der Waals surface area (Å²) in [6.07, 6.45) is 3.69. The largest absolute Gasteiger partial charge is 0.497 e. The monoisotopic (exact) mass is 360 g/mol. The topological polar surface area (TPSA) is 58.1 Å². The molecule has 2 fully saturated rings. The van der Waals surface area contributed by atoms with Crippen molar-refractivity contribution in [3.05, 3.63) is 29.8 Å². The van der Waals surface area contributed by atoms with E-state index in [2.05, 4.69) is 32.7 Å². The van der Waals surface area contributed by atoms with E-state index in [-0.39, 0.29) is 0 Å². The first-order valence-electron chi connectivity index (χ1n) is 9.70. The van der Waals surface area contributed by atoms with Crippen LogP contribution in [0.15, 0.2) is 29.3 Å². The van der Waals surface area contributed by atoms with Gasteiger partial charge in [0.15, 0.2) is 5.96 Å². The highest BCUT2D eigenvalue weighted by molar-refractivity contribution is 5.79. The van der Waals surface area contributed by atoms with E-state index >= 15 is 0 Å². The minimum Gasteiger partial charge on any atom is -0.497 e. The molecule has 0 amide bonds. The van der Waals surface area contributed by atoms with Crippen molar-refractivity contribution in [3.63, 3.8) is 0 Å². The Morgan fingerprint density at radius 2 is 2.04 bits per heavy atom. The number of guanidine groups is 1. The zero-order chi connectivity index (χ0) is 18.2. The highest BCUT2D eigenvalue weighted by atomic mass is 16.5. The number of hydrogen-bond acceptors (Lipinski definition) is 4. The highest BCUT2D eigenvalue weighted by Gasteiger charge is 2.24. The molecule has 2 N–H and O–H groups in total. The van der Waals surface area contributed by atoms with E-state index in [0.29, 0.717) is 12.0 Å². The summed E-state index contributed by atoms with van der Waals surface area (Å²) in [7, 11) is 3.54. The summed E-state index contributed by atoms with van der Waals surface area (Å²) in [5, 5.41) is 6.97. The van der Waals surface area contributed by atoms with Crippen molar-refractivity contribution in [2.75, 3.05) is 53.6 Å². The lowest BCUT2D eigenvalue weighted by molar-refractivity contribution is 0.186. The van der Waals surface area contributed by atoms with Gasteiger partial charge >= 0.3 is 0 Å². The van der Waals surface area contributed by atoms with Gasteiger partial charge in [0, 0.05) is 32.7 Å². The molecule has 26 heavy (non-hydrogen) atoms. The van der Waals surface area contributed by atoms with Crippen LogP contribution in [-0.2, 0) is 4.74 Å². The fraction of sp³-hybridized carbons (Fsp3) is 0.650. The third-order valence-electron chi connectivity index (χ3n) is 5.35. The predicted molar refractivity (Wildman–Crippen MR) is 105 cm³/mol. The number of nitrogens with zero attached hydrogens (tertiary/aromatic N) is 2. The standard InChI is InChI=1S/C20H32N4O2/c1-21-20(22-13-16-9-12-26-15-16)23-14-19(24-10-3-4-11-24)17-5-7-18(25-2)8-6-17/h5-8,16,19H,3-4,9-15H2,1-2H3,(H2,21,22,23). The van der Waals surface area contributed by atoms with Crippen LogP contribution < -0.4 is 15.4 Å². The molecular formula is C20H32N4O2. The van der Waals surface area contributed by atoms with Crippen LogP contribution in [-0.4, -0.2) is 64.4 Å². The lowest BCUT2D eigenvalue weighted by Crippen LogP contribution is -2.44. The molecule has 144 valence electrons. The van der Waals surface area contributed by atoms with E-state index in [9.17, 15) is 0 Å². The maximum Gasteiger partial charge on any atom is 0.191 e. The number of aliphatic imine (C=N–C) groups is 1. The number of rotatable bonds is 7. The molecule has 2 aliphatic heterocycles. The molecule has 0 spiro atoms. The Morgan fingerprint density at radius 3 is 2.65 bits per heavy atom. The molecule has 2 unspecified atom stereocenters. The van der Waals surface area contributed by atoms with Crippen molar-refractivity contribution < 1.29 is 9.47 Å². The molecule has 6 nitrogen and oxygen atoms in total. The second-order valence-electron chi connectivity index (χ2n) is 7.10. The third kappa shape index (κ3) is 5.11. The van der Waals surface area contributed by atoms with Gasteiger partial charge in [0.25, 0.3) is 0 Å². The van der Waals surface area contributed by atoms with Gasteiger partial charge in [-0.3, -0.25) is 9.89 Å². The summed E-state index contributed by atoms with van der Waals surface area (Å²) in [5.41, 5.74) is 1.32. The van der Waals surface area contributed by atoms with Gasteiger partial charge in [-0.25, -0.2) is 0 Å². The van der Waals surface area contributed by atoms with Crippen LogP contribution in [0.2, 0.25) is 0 Å². The molecule has 0 radical (unpaired) electrons. The highest BCUT2D eigenvalue weighted by Crippen LogP contribution is 2.26. The first-order valence-corrected chi connectivity index (χ1v) is 9.70. The lowest BCUT2D eigenvalue weighted by Gasteiger charge is -2.29. The van der Waals surface area contributed by atoms with Crippen molar-refractivity contribution in [1.29, 1.82) is 0 Å². The summed E-state index contributed by atoms with van der Waals surface area (Å²) in [6, 6.07) is 8.79. The minimum absolute atomic E-state index is 0.344. The Kier molecular flexibility index (Phi) is 7.14. The summed E-state index contributed by atoms with van der Waals surface area (Å²) >= 11 is 0. The average molecular weight is 361 g/mol. The maximum absolute atomic E-state index is 5.45. The van der Waals surface area contributed by atoms with E-state index in [1.54, 1.807) is 7.11 Å². The molecule has 3 rings (SSSR count). The Bertz CT molecular complexity index is 564. The minimum atomic E-state index is 0.344. The summed E-state index contributed by atoms with van der Waals surface area (Å²) in [5.74, 6) is 2.36. The van der Waals surface area contributed by atoms with Crippen molar-refractivity contribution >= 4 is 5.96 Å². The van der Waals surface area contributed by atoms with Crippen LogP contribution in [0.25, 0.3) is 0 Å². The van der Waals surface area contributed by atoms with E-state index < -0.39 is 0 Å². The second kappa shape index (κ2) is 9.78. The van der Waals surface area contributed by atoms with Crippen LogP contribution in [0.3, 0.4) is 0 Å². The van der Waals surface area contributed by atoms with Crippen molar-refractivity contribution in [1.82, 2.24) is 15.5 Å². The molecule has 0 bridgehead atoms. The van der Waals surface area contributed by atoms with Crippen LogP contribution in [0.1, 0.15) is 30.9 Å². The van der Waals surface area contributed by atoms with Gasteiger partial charge in [0.05, 0.1) is 19.8 Å². The molecule has 0 aromatic heterocycles. The van der Waals surface area contributed by atoms with E-state index in [1.807, 2.05) is 19.2 Å². The Morgan fingerprint density at radius 1 is 1.27 bits per heavy atom. The summed E-state index contributed by atoms with van der Waals surface area (Å²) in [6.45, 7) is 5.80. The van der Waals surface area contributed by atoms with Gasteiger partial charge in [-0.15, -0.1) is 0 Å². The molecule has 2 atom stereocenters. The third-order valence-corrected chi connectivity index (χ3v) is 5.35. The molecule has 6 heteroatoms. The summed E-state index contributed by atoms with van der Waals surface area (Å²) in [4.78, 5) is 6.95. The van der Waals surface area contributed by atoms with Gasteiger partial charge in [0.2, 0.25) is 0 Å². The van der Waals surface area contributed by atoms with Gasteiger partial charge < -0.3 is 20.1 Å². The van der Waals surface area contributed by atoms with Gasteiger partial charge in [-0.1, -0.05) is 12.1 Å². The zero-order valence-electron chi connectivity index (χ0n) is 16.0. The Labute approximate surface area is 157 Å². The molecule has 1 aromatic rings. The molecule has 2 aliphatic rings. The van der Waals surface area contributed by atoms with Crippen molar-refractivity contribution in [3.8, 4) is 5.75 Å². The van der Waals surface area contributed by atoms with Gasteiger partial charge in [0.1, 0.15) is 5.75 Å². The first-order chi connectivity index (χ1) is 12.8. The summed E-state index contributed by atoms with van der Waals surface area (Å²) < 4.78 is 10.8. The Balaban J connectivity index is 1.58. The van der Waals surface area contributed by atoms with Crippen LogP contribution in [0.5, 0.6) is 5.75 Å². The Hall–Kier alpha value is -1.79. The number of hydrogen-bond donors (Lipinski definition) is 2. The maximum atomic E-state index is 5.45. The lowest BCUT2D eigenvalue weighted by atomic mass is 10.1. The number of nitrogens with one attached hydrogen (secondary N) is 2. The SMILES string of the molecule is CN=C(NCC1CCOC1)NCC(c1ccc(OC)cc1)N1CCCC1. The van der Waals surface area contributed by atoms with Gasteiger partial charge in [-0.2, -0.15) is 0 Å². The van der Waals surface area contributed by atoms with Crippen molar-refractivity contribution in [2.45, 2.75) is 25.3 Å². The fourth-order valence-electron chi connectivity index (χ4n) is 3.74.